The van der Waals surface area contributed by atoms with Gasteiger partial charge in [-0.3, -0.25) is 18.9 Å². The van der Waals surface area contributed by atoms with E-state index in [-0.39, 0.29) is 10.4 Å². The van der Waals surface area contributed by atoms with Crippen molar-refractivity contribution in [3.05, 3.63) is 57.7 Å². The Balaban J connectivity index is 1.80. The molecule has 1 aliphatic heterocycles. The Morgan fingerprint density at radius 2 is 1.97 bits per heavy atom. The largest absolute Gasteiger partial charge is 0.462 e. The van der Waals surface area contributed by atoms with E-state index in [4.69, 9.17) is 30.7 Å². The van der Waals surface area contributed by atoms with Crippen LogP contribution in [0, 0.1) is 4.64 Å². The molecule has 1 aliphatic rings. The zero-order valence-corrected chi connectivity index (χ0v) is 21.9. The number of aromatic nitrogens is 2. The Morgan fingerprint density at radius 3 is 2.58 bits per heavy atom. The molecule has 198 valence electrons. The molecule has 1 aromatic carbocycles. The van der Waals surface area contributed by atoms with Crippen molar-refractivity contribution in [2.24, 2.45) is 0 Å². The van der Waals surface area contributed by atoms with Crippen LogP contribution in [0.4, 0.5) is 0 Å². The van der Waals surface area contributed by atoms with Crippen LogP contribution in [0.25, 0.3) is 0 Å². The van der Waals surface area contributed by atoms with E-state index in [1.54, 1.807) is 44.2 Å². The monoisotopic (exact) mass is 543 g/mol. The summed E-state index contributed by atoms with van der Waals surface area (Å²) in [6.07, 6.45) is -3.13. The molecule has 0 spiro atoms. The van der Waals surface area contributed by atoms with Gasteiger partial charge in [-0.2, -0.15) is 5.09 Å². The number of esters is 1. The van der Waals surface area contributed by atoms with E-state index in [1.807, 2.05) is 0 Å². The van der Waals surface area contributed by atoms with Crippen LogP contribution in [0.5, 0.6) is 5.75 Å². The van der Waals surface area contributed by atoms with Crippen molar-refractivity contribution < 1.29 is 38.1 Å². The van der Waals surface area contributed by atoms with Gasteiger partial charge >= 0.3 is 19.4 Å². The van der Waals surface area contributed by atoms with Gasteiger partial charge in [-0.1, -0.05) is 30.4 Å². The molecule has 0 radical (unpaired) electrons. The van der Waals surface area contributed by atoms with Gasteiger partial charge in [0.1, 0.15) is 34.2 Å². The second-order valence-electron chi connectivity index (χ2n) is 8.75. The summed E-state index contributed by atoms with van der Waals surface area (Å²) in [7, 11) is -4.24. The summed E-state index contributed by atoms with van der Waals surface area (Å²) >= 11 is 4.92. The summed E-state index contributed by atoms with van der Waals surface area (Å²) in [5.41, 5.74) is -2.57. The molecule has 3 rings (SSSR count). The van der Waals surface area contributed by atoms with Crippen LogP contribution in [0.1, 0.15) is 33.9 Å². The molecule has 6 atom stereocenters. The Hall–Kier alpha value is -2.38. The minimum Gasteiger partial charge on any atom is -0.462 e. The van der Waals surface area contributed by atoms with E-state index in [1.165, 1.54) is 26.1 Å². The van der Waals surface area contributed by atoms with Crippen LogP contribution < -0.4 is 15.3 Å². The van der Waals surface area contributed by atoms with E-state index in [9.17, 15) is 24.4 Å². The quantitative estimate of drug-likeness (QED) is 0.197. The fourth-order valence-corrected chi connectivity index (χ4v) is 5.15. The van der Waals surface area contributed by atoms with Crippen LogP contribution in [0.15, 0.2) is 47.4 Å². The van der Waals surface area contributed by atoms with Crippen molar-refractivity contribution in [1.29, 1.82) is 0 Å². The first-order chi connectivity index (χ1) is 16.8. The lowest BCUT2D eigenvalue weighted by Gasteiger charge is -2.27. The molecule has 0 saturated carbocycles. The molecule has 3 unspecified atom stereocenters. The number of benzene rings is 1. The van der Waals surface area contributed by atoms with E-state index >= 15 is 0 Å². The van der Waals surface area contributed by atoms with Crippen molar-refractivity contribution in [3.8, 4) is 5.75 Å². The molecule has 12 nitrogen and oxygen atoms in total. The van der Waals surface area contributed by atoms with Gasteiger partial charge in [-0.15, -0.1) is 0 Å². The number of hydrogen-bond acceptors (Lipinski definition) is 10. The maximum Gasteiger partial charge on any atom is 0.459 e. The van der Waals surface area contributed by atoms with Gasteiger partial charge in [-0.05, 0) is 45.9 Å². The highest BCUT2D eigenvalue weighted by atomic mass is 32.1. The fraction of sp³-hybridized carbons (Fsp3) is 0.500. The van der Waals surface area contributed by atoms with Crippen LogP contribution in [0.3, 0.4) is 0 Å². The first-order valence-corrected chi connectivity index (χ1v) is 13.1. The number of nitrogens with zero attached hydrogens (tertiary/aromatic N) is 1. The minimum absolute atomic E-state index is 0.185. The summed E-state index contributed by atoms with van der Waals surface area (Å²) in [5, 5.41) is 24.2. The molecule has 14 heteroatoms. The van der Waals surface area contributed by atoms with E-state index in [2.05, 4.69) is 10.1 Å². The normalized spacial score (nSPS) is 26.4. The van der Waals surface area contributed by atoms with Crippen LogP contribution in [-0.2, 0) is 23.4 Å². The predicted molar refractivity (Wildman–Crippen MR) is 131 cm³/mol. The number of nitrogens with one attached hydrogen (secondary N) is 2. The molecule has 36 heavy (non-hydrogen) atoms. The summed E-state index contributed by atoms with van der Waals surface area (Å²) < 4.78 is 36.8. The van der Waals surface area contributed by atoms with Crippen molar-refractivity contribution in [2.45, 2.75) is 63.9 Å². The van der Waals surface area contributed by atoms with Gasteiger partial charge in [0, 0.05) is 6.20 Å². The molecule has 0 aliphatic carbocycles. The average molecular weight is 544 g/mol. The van der Waals surface area contributed by atoms with Crippen LogP contribution in [0.2, 0.25) is 0 Å². The smallest absolute Gasteiger partial charge is 0.459 e. The van der Waals surface area contributed by atoms with Gasteiger partial charge in [0.15, 0.2) is 6.23 Å². The predicted octanol–water partition coefficient (Wildman–Crippen LogP) is 2.05. The molecule has 1 fully saturated rings. The highest BCUT2D eigenvalue weighted by Gasteiger charge is 2.54. The summed E-state index contributed by atoms with van der Waals surface area (Å²) in [6.45, 7) is 5.55. The van der Waals surface area contributed by atoms with E-state index in [0.29, 0.717) is 0 Å². The zero-order chi connectivity index (χ0) is 26.7. The molecule has 4 N–H and O–H groups in total. The lowest BCUT2D eigenvalue weighted by atomic mass is 9.96. The lowest BCUT2D eigenvalue weighted by Crippen LogP contribution is -2.46. The van der Waals surface area contributed by atoms with Gasteiger partial charge in [0.2, 0.25) is 0 Å². The number of para-hydroxylation sites is 1. The molecule has 2 aromatic rings. The summed E-state index contributed by atoms with van der Waals surface area (Å²) in [6, 6.07) is 8.49. The second-order valence-corrected chi connectivity index (χ2v) is 10.9. The topological polar surface area (TPSA) is 161 Å². The molecule has 1 aromatic heterocycles. The number of aliphatic hydroxyl groups is 2. The Kier molecular flexibility index (Phi) is 8.88. The second kappa shape index (κ2) is 11.3. The molecule has 0 bridgehead atoms. The number of carbonyl (C=O) groups excluding carboxylic acids is 1. The number of rotatable bonds is 10. The Morgan fingerprint density at radius 1 is 1.31 bits per heavy atom. The van der Waals surface area contributed by atoms with Crippen molar-refractivity contribution in [1.82, 2.24) is 14.6 Å². The number of hydrogen-bond donors (Lipinski definition) is 4. The first kappa shape index (κ1) is 28.2. The number of ether oxygens (including phenoxy) is 2. The highest BCUT2D eigenvalue weighted by molar-refractivity contribution is 7.71. The lowest BCUT2D eigenvalue weighted by molar-refractivity contribution is -0.149. The van der Waals surface area contributed by atoms with Crippen molar-refractivity contribution in [2.75, 3.05) is 6.61 Å². The molecule has 1 saturated heterocycles. The summed E-state index contributed by atoms with van der Waals surface area (Å²) in [5.74, 6) is -0.479. The standard InChI is InChI=1S/C22H30N3O9PS/c1-13(2)32-19(27)14(3)24-35(30,34-15-8-6-5-7-9-15)31-12-16-18(26)22(4,29)20(33-16)25-11-10-17(36)23-21(25)28/h5-11,13-14,16,18,20,26,29H,12H2,1-4H3,(H,24,30)(H,23,28,36)/t14-,16+,18?,20+,22?,35?/m0/s1. The van der Waals surface area contributed by atoms with Gasteiger partial charge in [0.05, 0.1) is 12.7 Å². The van der Waals surface area contributed by atoms with Crippen LogP contribution in [-0.4, -0.2) is 62.3 Å². The van der Waals surface area contributed by atoms with Gasteiger partial charge in [-0.25, -0.2) is 9.36 Å². The van der Waals surface area contributed by atoms with E-state index in [0.717, 1.165) is 4.57 Å². The molecular weight excluding hydrogens is 513 g/mol. The van der Waals surface area contributed by atoms with Crippen LogP contribution >= 0.6 is 20.0 Å². The fourth-order valence-electron chi connectivity index (χ4n) is 3.50. The number of aromatic amines is 1. The molecular formula is C22H30N3O9PS. The Labute approximate surface area is 212 Å². The third kappa shape index (κ3) is 6.68. The maximum absolute atomic E-state index is 13.6. The Bertz CT molecular complexity index is 1220. The first-order valence-electron chi connectivity index (χ1n) is 11.2. The minimum atomic E-state index is -4.24. The zero-order valence-electron chi connectivity index (χ0n) is 20.2. The van der Waals surface area contributed by atoms with Crippen molar-refractivity contribution >= 4 is 25.9 Å². The van der Waals surface area contributed by atoms with Crippen molar-refractivity contribution in [3.63, 3.8) is 0 Å². The number of aliphatic hydroxyl groups excluding tert-OH is 1. The van der Waals surface area contributed by atoms with E-state index < -0.39 is 62.2 Å². The highest BCUT2D eigenvalue weighted by Crippen LogP contribution is 2.46. The molecule has 2 heterocycles. The van der Waals surface area contributed by atoms with Gasteiger partial charge < -0.3 is 24.2 Å². The van der Waals surface area contributed by atoms with Gasteiger partial charge in [0.25, 0.3) is 0 Å². The number of carbonyl (C=O) groups is 1. The number of H-pyrrole nitrogens is 1. The SMILES string of the molecule is CC(C)OC(=O)[C@H](C)NP(=O)(OC[C@H]1O[C@@H](n2ccc(=S)[nH]c2=O)C(C)(O)C1O)Oc1ccccc1. The molecule has 0 amide bonds. The maximum atomic E-state index is 13.6. The third-order valence-electron chi connectivity index (χ3n) is 5.29. The third-order valence-corrected chi connectivity index (χ3v) is 7.17. The average Bonchev–Trinajstić information content (AvgIpc) is 3.01. The summed E-state index contributed by atoms with van der Waals surface area (Å²) in [4.78, 5) is 27.0.